The molecule has 10 heteroatoms. The lowest BCUT2D eigenvalue weighted by molar-refractivity contribution is -0.115. The van der Waals surface area contributed by atoms with Crippen molar-refractivity contribution in [2.24, 2.45) is 7.05 Å². The van der Waals surface area contributed by atoms with Crippen LogP contribution >= 0.6 is 0 Å². The molecule has 142 valence electrons. The Morgan fingerprint density at radius 1 is 1.35 bits per heavy atom. The molecule has 0 fully saturated rings. The first-order chi connectivity index (χ1) is 12.1. The van der Waals surface area contributed by atoms with Gasteiger partial charge < -0.3 is 9.88 Å². The maximum absolute atomic E-state index is 12.4. The second-order valence-electron chi connectivity index (χ2n) is 6.22. The number of carbonyl (C=O) groups excluding carboxylic acids is 1. The quantitative estimate of drug-likeness (QED) is 0.730. The summed E-state index contributed by atoms with van der Waals surface area (Å²) in [6.45, 7) is 3.65. The summed E-state index contributed by atoms with van der Waals surface area (Å²) in [6.07, 6.45) is 1.59. The van der Waals surface area contributed by atoms with Crippen LogP contribution in [-0.2, 0) is 21.9 Å². The zero-order valence-electron chi connectivity index (χ0n) is 15.5. The number of rotatable bonds is 7. The Bertz CT molecular complexity index is 891. The van der Waals surface area contributed by atoms with Gasteiger partial charge in [0.05, 0.1) is 17.5 Å². The number of aryl methyl sites for hydroxylation is 2. The molecule has 0 bridgehead atoms. The summed E-state index contributed by atoms with van der Waals surface area (Å²) in [5.74, 6) is 0.434. The van der Waals surface area contributed by atoms with Crippen LogP contribution in [0.3, 0.4) is 0 Å². The minimum absolute atomic E-state index is 0.0532. The van der Waals surface area contributed by atoms with E-state index in [1.807, 2.05) is 14.0 Å². The maximum Gasteiger partial charge on any atom is 0.242 e. The van der Waals surface area contributed by atoms with Crippen molar-refractivity contribution in [2.45, 2.75) is 24.8 Å². The van der Waals surface area contributed by atoms with Crippen molar-refractivity contribution in [3.05, 3.63) is 35.9 Å². The lowest BCUT2D eigenvalue weighted by Gasteiger charge is -2.16. The molecule has 0 aliphatic rings. The van der Waals surface area contributed by atoms with Gasteiger partial charge in [0.25, 0.3) is 0 Å². The number of nitrogens with one attached hydrogen (secondary N) is 2. The molecule has 2 aromatic rings. The van der Waals surface area contributed by atoms with Crippen LogP contribution in [0.25, 0.3) is 0 Å². The molecule has 26 heavy (non-hydrogen) atoms. The van der Waals surface area contributed by atoms with E-state index >= 15 is 0 Å². The highest BCUT2D eigenvalue weighted by atomic mass is 32.2. The molecule has 0 saturated carbocycles. The van der Waals surface area contributed by atoms with Crippen molar-refractivity contribution in [1.82, 2.24) is 24.4 Å². The molecular weight excluding hydrogens is 356 g/mol. The number of sulfonamides is 1. The average molecular weight is 380 g/mol. The number of hydrogen-bond donors (Lipinski definition) is 2. The first-order valence-electron chi connectivity index (χ1n) is 8.03. The lowest BCUT2D eigenvalue weighted by Crippen LogP contribution is -2.31. The fraction of sp³-hybridized carbons (Fsp3) is 0.438. The summed E-state index contributed by atoms with van der Waals surface area (Å²) in [5, 5.41) is 13.6. The summed E-state index contributed by atoms with van der Waals surface area (Å²) in [4.78, 5) is 12.3. The van der Waals surface area contributed by atoms with Gasteiger partial charge in [-0.25, -0.2) is 12.7 Å². The maximum atomic E-state index is 12.4. The van der Waals surface area contributed by atoms with Gasteiger partial charge in [-0.15, -0.1) is 10.2 Å². The monoisotopic (exact) mass is 380 g/mol. The minimum Gasteiger partial charge on any atom is -0.325 e. The van der Waals surface area contributed by atoms with E-state index in [1.165, 1.54) is 20.2 Å². The van der Waals surface area contributed by atoms with E-state index in [4.69, 9.17) is 0 Å². The van der Waals surface area contributed by atoms with Crippen LogP contribution in [0.15, 0.2) is 29.4 Å². The molecule has 1 heterocycles. The highest BCUT2D eigenvalue weighted by Gasteiger charge is 2.20. The second-order valence-corrected chi connectivity index (χ2v) is 8.34. The van der Waals surface area contributed by atoms with Crippen LogP contribution in [0.2, 0.25) is 0 Å². The number of carbonyl (C=O) groups is 1. The first-order valence-corrected chi connectivity index (χ1v) is 9.47. The molecule has 1 atom stereocenters. The van der Waals surface area contributed by atoms with Crippen LogP contribution < -0.4 is 10.6 Å². The Morgan fingerprint density at radius 2 is 2.04 bits per heavy atom. The molecule has 0 aliphatic heterocycles. The molecule has 0 radical (unpaired) electrons. The Labute approximate surface area is 153 Å². The SMILES string of the molecule is Cc1ccc(NC(=O)CN[C@@H](C)c2nncn2C)cc1S(=O)(=O)N(C)C. The number of amides is 1. The number of nitrogens with zero attached hydrogens (tertiary/aromatic N) is 4. The third-order valence-electron chi connectivity index (χ3n) is 3.93. The van der Waals surface area contributed by atoms with Crippen LogP contribution in [0.4, 0.5) is 5.69 Å². The zero-order chi connectivity index (χ0) is 19.5. The third kappa shape index (κ3) is 4.45. The number of aromatic nitrogens is 3. The molecule has 0 unspecified atom stereocenters. The van der Waals surface area contributed by atoms with Gasteiger partial charge in [0.2, 0.25) is 15.9 Å². The topological polar surface area (TPSA) is 109 Å². The van der Waals surface area contributed by atoms with E-state index in [-0.39, 0.29) is 23.4 Å². The Kier molecular flexibility index (Phi) is 6.11. The Hall–Kier alpha value is -2.30. The van der Waals surface area contributed by atoms with Crippen molar-refractivity contribution in [3.63, 3.8) is 0 Å². The van der Waals surface area contributed by atoms with Crippen molar-refractivity contribution >= 4 is 21.6 Å². The van der Waals surface area contributed by atoms with Crippen LogP contribution in [0.1, 0.15) is 24.4 Å². The van der Waals surface area contributed by atoms with Gasteiger partial charge in [0.15, 0.2) is 0 Å². The van der Waals surface area contributed by atoms with E-state index in [0.717, 1.165) is 4.31 Å². The molecular formula is C16H24N6O3S. The van der Waals surface area contributed by atoms with Crippen molar-refractivity contribution < 1.29 is 13.2 Å². The number of anilines is 1. The highest BCUT2D eigenvalue weighted by Crippen LogP contribution is 2.22. The second kappa shape index (κ2) is 7.94. The van der Waals surface area contributed by atoms with Crippen LogP contribution in [0, 0.1) is 6.92 Å². The molecule has 9 nitrogen and oxygen atoms in total. The molecule has 1 aromatic heterocycles. The fourth-order valence-electron chi connectivity index (χ4n) is 2.38. The predicted octanol–water partition coefficient (Wildman–Crippen LogP) is 0.663. The van der Waals surface area contributed by atoms with Gasteiger partial charge in [-0.05, 0) is 31.5 Å². The molecule has 1 aromatic carbocycles. The van der Waals surface area contributed by atoms with E-state index in [1.54, 1.807) is 30.0 Å². The van der Waals surface area contributed by atoms with E-state index in [0.29, 0.717) is 17.1 Å². The van der Waals surface area contributed by atoms with E-state index < -0.39 is 10.0 Å². The molecule has 0 aliphatic carbocycles. The zero-order valence-corrected chi connectivity index (χ0v) is 16.3. The number of hydrogen-bond acceptors (Lipinski definition) is 6. The smallest absolute Gasteiger partial charge is 0.242 e. The van der Waals surface area contributed by atoms with E-state index in [2.05, 4.69) is 20.8 Å². The average Bonchev–Trinajstić information content (AvgIpc) is 3.00. The van der Waals surface area contributed by atoms with Gasteiger partial charge in [-0.2, -0.15) is 0 Å². The summed E-state index contributed by atoms with van der Waals surface area (Å²) in [6, 6.07) is 4.65. The predicted molar refractivity (Wildman–Crippen MR) is 98.1 cm³/mol. The van der Waals surface area contributed by atoms with Crippen molar-refractivity contribution in [3.8, 4) is 0 Å². The van der Waals surface area contributed by atoms with Crippen molar-refractivity contribution in [2.75, 3.05) is 26.0 Å². The Balaban J connectivity index is 2.04. The molecule has 2 N–H and O–H groups in total. The largest absolute Gasteiger partial charge is 0.325 e. The Morgan fingerprint density at radius 3 is 2.62 bits per heavy atom. The highest BCUT2D eigenvalue weighted by molar-refractivity contribution is 7.89. The first kappa shape index (κ1) is 20.0. The standard InChI is InChI=1S/C16H24N6O3S/c1-11-6-7-13(8-14(11)26(24,25)21(3)4)19-15(23)9-17-12(2)16-20-18-10-22(16)5/h6-8,10,12,17H,9H2,1-5H3,(H,19,23)/t12-/m0/s1. The van der Waals surface area contributed by atoms with E-state index in [9.17, 15) is 13.2 Å². The summed E-state index contributed by atoms with van der Waals surface area (Å²) < 4.78 is 27.6. The van der Waals surface area contributed by atoms with Crippen LogP contribution in [-0.4, -0.2) is 54.0 Å². The summed E-state index contributed by atoms with van der Waals surface area (Å²) in [7, 11) is 1.19. The molecule has 1 amide bonds. The van der Waals surface area contributed by atoms with Gasteiger partial charge in [0.1, 0.15) is 12.2 Å². The van der Waals surface area contributed by atoms with Gasteiger partial charge in [0, 0.05) is 26.8 Å². The van der Waals surface area contributed by atoms with Gasteiger partial charge in [-0.1, -0.05) is 6.07 Å². The fourth-order valence-corrected chi connectivity index (χ4v) is 3.52. The molecule has 0 saturated heterocycles. The molecule has 2 rings (SSSR count). The lowest BCUT2D eigenvalue weighted by atomic mass is 10.2. The third-order valence-corrected chi connectivity index (χ3v) is 5.89. The minimum atomic E-state index is -3.58. The normalized spacial score (nSPS) is 13.0. The summed E-state index contributed by atoms with van der Waals surface area (Å²) in [5.41, 5.74) is 1.04. The number of benzene rings is 1. The van der Waals surface area contributed by atoms with Gasteiger partial charge >= 0.3 is 0 Å². The summed E-state index contributed by atoms with van der Waals surface area (Å²) >= 11 is 0. The van der Waals surface area contributed by atoms with Gasteiger partial charge in [-0.3, -0.25) is 10.1 Å². The van der Waals surface area contributed by atoms with Crippen molar-refractivity contribution in [1.29, 1.82) is 0 Å². The van der Waals surface area contributed by atoms with Crippen LogP contribution in [0.5, 0.6) is 0 Å². The molecule has 0 spiro atoms.